The molecule has 23 heavy (non-hydrogen) atoms. The Morgan fingerprint density at radius 1 is 1.26 bits per heavy atom. The Hall–Kier alpha value is -2.40. The maximum Gasteiger partial charge on any atom is 0.251 e. The highest BCUT2D eigenvalue weighted by Crippen LogP contribution is 2.15. The van der Waals surface area contributed by atoms with E-state index in [0.717, 1.165) is 5.56 Å². The summed E-state index contributed by atoms with van der Waals surface area (Å²) < 4.78 is 7.17. The topological polar surface area (TPSA) is 60.3 Å². The predicted octanol–water partition coefficient (Wildman–Crippen LogP) is 2.28. The number of hydrogen-bond acceptors (Lipinski definition) is 3. The number of rotatable bonds is 7. The summed E-state index contributed by atoms with van der Waals surface area (Å²) in [5, 5.41) is 2.79. The molecule has 1 atom stereocenters. The third kappa shape index (κ3) is 5.07. The van der Waals surface area contributed by atoms with Crippen LogP contribution < -0.4 is 10.9 Å². The van der Waals surface area contributed by atoms with Gasteiger partial charge in [0.15, 0.2) is 0 Å². The van der Waals surface area contributed by atoms with Crippen molar-refractivity contribution in [2.75, 3.05) is 13.2 Å². The number of hydrogen-bond donors (Lipinski definition) is 1. The Balaban J connectivity index is 1.70. The number of aryl methyl sites for hydroxylation is 1. The van der Waals surface area contributed by atoms with Gasteiger partial charge in [0.05, 0.1) is 6.10 Å². The van der Waals surface area contributed by atoms with E-state index in [1.54, 1.807) is 19.3 Å². The molecule has 1 heterocycles. The van der Waals surface area contributed by atoms with Gasteiger partial charge in [-0.15, -0.1) is 0 Å². The molecule has 122 valence electrons. The van der Waals surface area contributed by atoms with Crippen molar-refractivity contribution in [3.63, 3.8) is 0 Å². The second-order valence-corrected chi connectivity index (χ2v) is 5.40. The summed E-state index contributed by atoms with van der Waals surface area (Å²) in [4.78, 5) is 23.4. The zero-order valence-corrected chi connectivity index (χ0v) is 13.5. The van der Waals surface area contributed by atoms with Crippen molar-refractivity contribution in [1.82, 2.24) is 9.88 Å². The molecule has 5 heteroatoms. The van der Waals surface area contributed by atoms with Gasteiger partial charge in [-0.1, -0.05) is 30.3 Å². The number of pyridine rings is 1. The molecular weight excluding hydrogens is 292 g/mol. The summed E-state index contributed by atoms with van der Waals surface area (Å²) in [6.45, 7) is 3.08. The summed E-state index contributed by atoms with van der Waals surface area (Å²) in [5.41, 5.74) is 1.32. The largest absolute Gasteiger partial charge is 0.374 e. The Kier molecular flexibility index (Phi) is 6.11. The molecule has 0 bridgehead atoms. The van der Waals surface area contributed by atoms with Crippen molar-refractivity contribution < 1.29 is 9.53 Å². The van der Waals surface area contributed by atoms with Crippen LogP contribution in [0.25, 0.3) is 0 Å². The van der Waals surface area contributed by atoms with Crippen molar-refractivity contribution in [3.8, 4) is 0 Å². The standard InChI is InChI=1S/C18H22N2O3/c1-14(15-7-4-3-5-8-15)23-12-6-10-19-18(22)16-9-11-20(2)17(21)13-16/h3-5,7-9,11,13-14H,6,10,12H2,1-2H3,(H,19,22). The molecule has 1 aromatic heterocycles. The summed E-state index contributed by atoms with van der Waals surface area (Å²) in [5.74, 6) is -0.237. The Bertz CT molecular complexity index is 695. The number of nitrogens with one attached hydrogen (secondary N) is 1. The van der Waals surface area contributed by atoms with Crippen LogP contribution in [0.2, 0.25) is 0 Å². The number of benzene rings is 1. The minimum Gasteiger partial charge on any atom is -0.374 e. The lowest BCUT2D eigenvalue weighted by atomic mass is 10.1. The first-order valence-electron chi connectivity index (χ1n) is 7.69. The first-order valence-corrected chi connectivity index (χ1v) is 7.69. The molecule has 1 aromatic carbocycles. The number of aromatic nitrogens is 1. The van der Waals surface area contributed by atoms with Gasteiger partial charge < -0.3 is 14.6 Å². The number of ether oxygens (including phenoxy) is 1. The fourth-order valence-electron chi connectivity index (χ4n) is 2.15. The highest BCUT2D eigenvalue weighted by atomic mass is 16.5. The molecular formula is C18H22N2O3. The maximum absolute atomic E-state index is 11.9. The summed E-state index contributed by atoms with van der Waals surface area (Å²) in [7, 11) is 1.65. The van der Waals surface area contributed by atoms with E-state index < -0.39 is 0 Å². The molecule has 1 amide bonds. The Morgan fingerprint density at radius 2 is 2.00 bits per heavy atom. The van der Waals surface area contributed by atoms with Crippen LogP contribution in [0.15, 0.2) is 53.5 Å². The fraction of sp³-hybridized carbons (Fsp3) is 0.333. The van der Waals surface area contributed by atoms with E-state index in [9.17, 15) is 9.59 Å². The van der Waals surface area contributed by atoms with Crippen LogP contribution in [-0.2, 0) is 11.8 Å². The number of amides is 1. The van der Waals surface area contributed by atoms with Gasteiger partial charge in [-0.3, -0.25) is 9.59 Å². The second-order valence-electron chi connectivity index (χ2n) is 5.40. The molecule has 0 spiro atoms. The minimum atomic E-state index is -0.237. The smallest absolute Gasteiger partial charge is 0.251 e. The molecule has 0 aliphatic heterocycles. The van der Waals surface area contributed by atoms with E-state index in [2.05, 4.69) is 5.32 Å². The van der Waals surface area contributed by atoms with E-state index in [-0.39, 0.29) is 17.6 Å². The average molecular weight is 314 g/mol. The molecule has 5 nitrogen and oxygen atoms in total. The molecule has 0 radical (unpaired) electrons. The summed E-state index contributed by atoms with van der Waals surface area (Å²) in [6.07, 6.45) is 2.33. The van der Waals surface area contributed by atoms with E-state index in [1.807, 2.05) is 37.3 Å². The van der Waals surface area contributed by atoms with Crippen LogP contribution in [0.1, 0.15) is 35.4 Å². The number of carbonyl (C=O) groups excluding carboxylic acids is 1. The van der Waals surface area contributed by atoms with E-state index in [0.29, 0.717) is 25.1 Å². The van der Waals surface area contributed by atoms with E-state index >= 15 is 0 Å². The van der Waals surface area contributed by atoms with E-state index in [1.165, 1.54) is 10.6 Å². The third-order valence-electron chi connectivity index (χ3n) is 3.61. The molecule has 2 rings (SSSR count). The third-order valence-corrected chi connectivity index (χ3v) is 3.61. The lowest BCUT2D eigenvalue weighted by Crippen LogP contribution is -2.27. The van der Waals surface area contributed by atoms with Crippen LogP contribution >= 0.6 is 0 Å². The monoisotopic (exact) mass is 314 g/mol. The first kappa shape index (κ1) is 17.0. The molecule has 0 saturated heterocycles. The predicted molar refractivity (Wildman–Crippen MR) is 89.4 cm³/mol. The molecule has 1 N–H and O–H groups in total. The van der Waals surface area contributed by atoms with Gasteiger partial charge in [-0.2, -0.15) is 0 Å². The van der Waals surface area contributed by atoms with Crippen molar-refractivity contribution in [2.24, 2.45) is 7.05 Å². The molecule has 0 fully saturated rings. The van der Waals surface area contributed by atoms with Gasteiger partial charge in [0.25, 0.3) is 11.5 Å². The zero-order chi connectivity index (χ0) is 16.7. The van der Waals surface area contributed by atoms with Crippen LogP contribution in [-0.4, -0.2) is 23.6 Å². The highest BCUT2D eigenvalue weighted by molar-refractivity contribution is 5.93. The van der Waals surface area contributed by atoms with Gasteiger partial charge in [0, 0.05) is 38.0 Å². The molecule has 0 aliphatic rings. The molecule has 2 aromatic rings. The highest BCUT2D eigenvalue weighted by Gasteiger charge is 2.07. The molecule has 1 unspecified atom stereocenters. The number of nitrogens with zero attached hydrogens (tertiary/aromatic N) is 1. The molecule has 0 aliphatic carbocycles. The van der Waals surface area contributed by atoms with Gasteiger partial charge in [-0.05, 0) is 25.0 Å². The van der Waals surface area contributed by atoms with Gasteiger partial charge in [-0.25, -0.2) is 0 Å². The van der Waals surface area contributed by atoms with Gasteiger partial charge in [0.1, 0.15) is 0 Å². The minimum absolute atomic E-state index is 0.0315. The van der Waals surface area contributed by atoms with Gasteiger partial charge in [0.2, 0.25) is 0 Å². The summed E-state index contributed by atoms with van der Waals surface area (Å²) >= 11 is 0. The Morgan fingerprint density at radius 3 is 2.70 bits per heavy atom. The van der Waals surface area contributed by atoms with Crippen LogP contribution in [0, 0.1) is 0 Å². The van der Waals surface area contributed by atoms with Crippen LogP contribution in [0.5, 0.6) is 0 Å². The maximum atomic E-state index is 11.9. The SMILES string of the molecule is CC(OCCCNC(=O)c1ccn(C)c(=O)c1)c1ccccc1. The van der Waals surface area contributed by atoms with Crippen molar-refractivity contribution in [3.05, 3.63) is 70.1 Å². The van der Waals surface area contributed by atoms with Crippen molar-refractivity contribution in [2.45, 2.75) is 19.4 Å². The lowest BCUT2D eigenvalue weighted by Gasteiger charge is -2.13. The van der Waals surface area contributed by atoms with Crippen LogP contribution in [0.4, 0.5) is 0 Å². The van der Waals surface area contributed by atoms with Crippen molar-refractivity contribution >= 4 is 5.91 Å². The Labute approximate surface area is 135 Å². The van der Waals surface area contributed by atoms with Crippen LogP contribution in [0.3, 0.4) is 0 Å². The first-order chi connectivity index (χ1) is 11.1. The lowest BCUT2D eigenvalue weighted by molar-refractivity contribution is 0.0635. The fourth-order valence-corrected chi connectivity index (χ4v) is 2.15. The number of carbonyl (C=O) groups is 1. The quantitative estimate of drug-likeness (QED) is 0.798. The van der Waals surface area contributed by atoms with E-state index in [4.69, 9.17) is 4.74 Å². The zero-order valence-electron chi connectivity index (χ0n) is 13.5. The molecule has 0 saturated carbocycles. The van der Waals surface area contributed by atoms with Gasteiger partial charge >= 0.3 is 0 Å². The summed E-state index contributed by atoms with van der Waals surface area (Å²) in [6, 6.07) is 13.0. The second kappa shape index (κ2) is 8.29. The average Bonchev–Trinajstić information content (AvgIpc) is 2.57. The normalized spacial score (nSPS) is 11.9. The van der Waals surface area contributed by atoms with Crippen molar-refractivity contribution in [1.29, 1.82) is 0 Å².